The van der Waals surface area contributed by atoms with E-state index in [1.54, 1.807) is 11.1 Å². The van der Waals surface area contributed by atoms with Gasteiger partial charge in [-0.25, -0.2) is 0 Å². The Morgan fingerprint density at radius 2 is 2.04 bits per heavy atom. The molecule has 1 N–H and O–H groups in total. The third kappa shape index (κ3) is 3.94. The van der Waals surface area contributed by atoms with Gasteiger partial charge in [0, 0.05) is 50.7 Å². The van der Waals surface area contributed by atoms with Gasteiger partial charge in [0.2, 0.25) is 11.8 Å². The van der Waals surface area contributed by atoms with E-state index < -0.39 is 0 Å². The molecule has 0 radical (unpaired) electrons. The molecule has 1 aromatic heterocycles. The lowest BCUT2D eigenvalue weighted by atomic mass is 10.1. The second-order valence-electron chi connectivity index (χ2n) is 7.00. The number of morpholine rings is 1. The number of amides is 2. The van der Waals surface area contributed by atoms with Crippen LogP contribution in [0.3, 0.4) is 0 Å². The number of rotatable bonds is 5. The number of para-hydroxylation sites is 1. The van der Waals surface area contributed by atoms with Crippen LogP contribution in [0.1, 0.15) is 6.42 Å². The standard InChI is InChI=1S/C20H24N4O3/c25-18-13-16(20(26)22-7-8-23-9-11-27-12-10-23)14-24(18)17-5-1-3-15-4-2-6-21-19(15)17/h1-6,16H,7-14H2,(H,22,26). The Bertz CT molecular complexity index is 830. The summed E-state index contributed by atoms with van der Waals surface area (Å²) in [6.45, 7) is 5.11. The second-order valence-corrected chi connectivity index (χ2v) is 7.00. The second kappa shape index (κ2) is 8.02. The highest BCUT2D eigenvalue weighted by Gasteiger charge is 2.35. The molecule has 1 unspecified atom stereocenters. The highest BCUT2D eigenvalue weighted by molar-refractivity contribution is 6.05. The number of fused-ring (bicyclic) bond motifs is 1. The Hall–Kier alpha value is -2.51. The van der Waals surface area contributed by atoms with E-state index in [1.807, 2.05) is 30.3 Å². The van der Waals surface area contributed by atoms with Gasteiger partial charge in [-0.3, -0.25) is 19.5 Å². The van der Waals surface area contributed by atoms with Crippen LogP contribution in [0.2, 0.25) is 0 Å². The minimum atomic E-state index is -0.318. The maximum absolute atomic E-state index is 12.6. The predicted molar refractivity (Wildman–Crippen MR) is 102 cm³/mol. The zero-order valence-corrected chi connectivity index (χ0v) is 15.3. The maximum atomic E-state index is 12.6. The van der Waals surface area contributed by atoms with Crippen molar-refractivity contribution in [3.63, 3.8) is 0 Å². The van der Waals surface area contributed by atoms with Crippen molar-refractivity contribution >= 4 is 28.4 Å². The lowest BCUT2D eigenvalue weighted by Crippen LogP contribution is -2.42. The van der Waals surface area contributed by atoms with Gasteiger partial charge < -0.3 is 15.0 Å². The molecule has 0 saturated carbocycles. The molecule has 2 aromatic rings. The number of pyridine rings is 1. The lowest BCUT2D eigenvalue weighted by molar-refractivity contribution is -0.126. The Balaban J connectivity index is 1.37. The average Bonchev–Trinajstić information content (AvgIpc) is 3.10. The molecule has 2 fully saturated rings. The van der Waals surface area contributed by atoms with Crippen LogP contribution in [0.15, 0.2) is 36.5 Å². The fraction of sp³-hybridized carbons (Fsp3) is 0.450. The van der Waals surface area contributed by atoms with Crippen LogP contribution < -0.4 is 10.2 Å². The van der Waals surface area contributed by atoms with Crippen molar-refractivity contribution in [1.29, 1.82) is 0 Å². The van der Waals surface area contributed by atoms with Crippen LogP contribution in [-0.4, -0.2) is 67.6 Å². The summed E-state index contributed by atoms with van der Waals surface area (Å²) in [6.07, 6.45) is 1.97. The van der Waals surface area contributed by atoms with Crippen LogP contribution in [0.4, 0.5) is 5.69 Å². The highest BCUT2D eigenvalue weighted by Crippen LogP contribution is 2.30. The van der Waals surface area contributed by atoms with Crippen molar-refractivity contribution in [1.82, 2.24) is 15.2 Å². The third-order valence-electron chi connectivity index (χ3n) is 5.23. The quantitative estimate of drug-likeness (QED) is 0.853. The van der Waals surface area contributed by atoms with Gasteiger partial charge in [0.15, 0.2) is 0 Å². The number of nitrogens with one attached hydrogen (secondary N) is 1. The molecular formula is C20H24N4O3. The number of anilines is 1. The van der Waals surface area contributed by atoms with Crippen molar-refractivity contribution in [2.75, 3.05) is 50.8 Å². The van der Waals surface area contributed by atoms with Crippen molar-refractivity contribution in [3.05, 3.63) is 36.5 Å². The van der Waals surface area contributed by atoms with Gasteiger partial charge in [-0.05, 0) is 12.1 Å². The summed E-state index contributed by atoms with van der Waals surface area (Å²) in [7, 11) is 0. The molecule has 1 atom stereocenters. The van der Waals surface area contributed by atoms with Gasteiger partial charge >= 0.3 is 0 Å². The van der Waals surface area contributed by atoms with Crippen LogP contribution in [-0.2, 0) is 14.3 Å². The van der Waals surface area contributed by atoms with Crippen molar-refractivity contribution in [2.45, 2.75) is 6.42 Å². The first-order chi connectivity index (χ1) is 13.2. The number of ether oxygens (including phenoxy) is 1. The van der Waals surface area contributed by atoms with Gasteiger partial charge in [-0.2, -0.15) is 0 Å². The van der Waals surface area contributed by atoms with Crippen LogP contribution in [0, 0.1) is 5.92 Å². The zero-order chi connectivity index (χ0) is 18.6. The normalized spacial score (nSPS) is 21.0. The summed E-state index contributed by atoms with van der Waals surface area (Å²) in [4.78, 5) is 33.5. The predicted octanol–water partition coefficient (Wildman–Crippen LogP) is 1.04. The van der Waals surface area contributed by atoms with Crippen molar-refractivity contribution in [2.24, 2.45) is 5.92 Å². The molecule has 4 rings (SSSR count). The number of nitrogens with zero attached hydrogens (tertiary/aromatic N) is 3. The largest absolute Gasteiger partial charge is 0.379 e. The van der Waals surface area contributed by atoms with E-state index in [2.05, 4.69) is 15.2 Å². The molecule has 2 aliphatic rings. The molecule has 0 bridgehead atoms. The zero-order valence-electron chi connectivity index (χ0n) is 15.3. The number of benzene rings is 1. The number of carbonyl (C=O) groups is 2. The molecule has 2 aliphatic heterocycles. The molecule has 7 nitrogen and oxygen atoms in total. The summed E-state index contributed by atoms with van der Waals surface area (Å²) in [5, 5.41) is 3.97. The lowest BCUT2D eigenvalue weighted by Gasteiger charge is -2.26. The first-order valence-electron chi connectivity index (χ1n) is 9.44. The molecule has 0 aliphatic carbocycles. The van der Waals surface area contributed by atoms with E-state index in [0.29, 0.717) is 13.1 Å². The third-order valence-corrected chi connectivity index (χ3v) is 5.23. The minimum absolute atomic E-state index is 0.0264. The van der Waals surface area contributed by atoms with Crippen molar-refractivity contribution < 1.29 is 14.3 Å². The molecule has 1 aromatic carbocycles. The molecular weight excluding hydrogens is 344 g/mol. The first kappa shape index (κ1) is 17.9. The average molecular weight is 368 g/mol. The molecule has 7 heteroatoms. The van der Waals surface area contributed by atoms with E-state index in [1.165, 1.54) is 0 Å². The summed E-state index contributed by atoms with van der Waals surface area (Å²) >= 11 is 0. The minimum Gasteiger partial charge on any atom is -0.379 e. The molecule has 3 heterocycles. The topological polar surface area (TPSA) is 74.8 Å². The van der Waals surface area contributed by atoms with Gasteiger partial charge in [0.25, 0.3) is 0 Å². The van der Waals surface area contributed by atoms with E-state index >= 15 is 0 Å². The SMILES string of the molecule is O=C(NCCN1CCOCC1)C1CC(=O)N(c2cccc3cccnc23)C1. The fourth-order valence-electron chi connectivity index (χ4n) is 3.73. The molecule has 27 heavy (non-hydrogen) atoms. The number of aromatic nitrogens is 1. The van der Waals surface area contributed by atoms with Gasteiger partial charge in [-0.15, -0.1) is 0 Å². The van der Waals surface area contributed by atoms with E-state index in [-0.39, 0.29) is 24.2 Å². The van der Waals surface area contributed by atoms with Crippen LogP contribution in [0.25, 0.3) is 10.9 Å². The Kier molecular flexibility index (Phi) is 5.31. The van der Waals surface area contributed by atoms with Gasteiger partial charge in [0.1, 0.15) is 0 Å². The van der Waals surface area contributed by atoms with E-state index in [4.69, 9.17) is 4.74 Å². The monoisotopic (exact) mass is 368 g/mol. The molecule has 2 amide bonds. The number of hydrogen-bond donors (Lipinski definition) is 1. The van der Waals surface area contributed by atoms with Crippen LogP contribution >= 0.6 is 0 Å². The summed E-state index contributed by atoms with van der Waals surface area (Å²) in [6, 6.07) is 9.64. The Labute approximate surface area is 158 Å². The van der Waals surface area contributed by atoms with Crippen molar-refractivity contribution in [3.8, 4) is 0 Å². The van der Waals surface area contributed by atoms with Gasteiger partial charge in [-0.1, -0.05) is 18.2 Å². The number of carbonyl (C=O) groups excluding carboxylic acids is 2. The van der Waals surface area contributed by atoms with Gasteiger partial charge in [0.05, 0.1) is 30.3 Å². The Morgan fingerprint density at radius 3 is 2.89 bits per heavy atom. The highest BCUT2D eigenvalue weighted by atomic mass is 16.5. The van der Waals surface area contributed by atoms with E-state index in [9.17, 15) is 9.59 Å². The Morgan fingerprint density at radius 1 is 1.22 bits per heavy atom. The summed E-state index contributed by atoms with van der Waals surface area (Å²) in [5.41, 5.74) is 1.57. The number of hydrogen-bond acceptors (Lipinski definition) is 5. The van der Waals surface area contributed by atoms with Crippen LogP contribution in [0.5, 0.6) is 0 Å². The summed E-state index contributed by atoms with van der Waals surface area (Å²) in [5.74, 6) is -0.394. The smallest absolute Gasteiger partial charge is 0.227 e. The summed E-state index contributed by atoms with van der Waals surface area (Å²) < 4.78 is 5.33. The molecule has 2 saturated heterocycles. The fourth-order valence-corrected chi connectivity index (χ4v) is 3.73. The molecule has 0 spiro atoms. The van der Waals surface area contributed by atoms with E-state index in [0.717, 1.165) is 49.4 Å². The first-order valence-corrected chi connectivity index (χ1v) is 9.44. The molecule has 142 valence electrons. The maximum Gasteiger partial charge on any atom is 0.227 e.